The van der Waals surface area contributed by atoms with Gasteiger partial charge in [0.15, 0.2) is 0 Å². The summed E-state index contributed by atoms with van der Waals surface area (Å²) in [7, 11) is 0. The summed E-state index contributed by atoms with van der Waals surface area (Å²) in [5.41, 5.74) is 0. The molecule has 2 aliphatic carbocycles. The van der Waals surface area contributed by atoms with Crippen molar-refractivity contribution in [3.05, 3.63) is 0 Å². The number of amides is 3. The van der Waals surface area contributed by atoms with Gasteiger partial charge in [0.25, 0.3) is 0 Å². The molecule has 5 unspecified atom stereocenters. The van der Waals surface area contributed by atoms with Gasteiger partial charge in [0.05, 0.1) is 17.9 Å². The van der Waals surface area contributed by atoms with Gasteiger partial charge in [-0.2, -0.15) is 0 Å². The van der Waals surface area contributed by atoms with Gasteiger partial charge in [-0.1, -0.05) is 25.7 Å². The molecule has 0 aromatic carbocycles. The first kappa shape index (κ1) is 19.5. The Kier molecular flexibility index (Phi) is 6.84. The van der Waals surface area contributed by atoms with Crippen molar-refractivity contribution in [3.63, 3.8) is 0 Å². The van der Waals surface area contributed by atoms with Gasteiger partial charge in [0, 0.05) is 5.92 Å². The summed E-state index contributed by atoms with van der Waals surface area (Å²) in [5, 5.41) is 5.12. The van der Waals surface area contributed by atoms with Gasteiger partial charge in [0.1, 0.15) is 0 Å². The fraction of sp³-hybridized carbons (Fsp3) is 0.842. The molecule has 1 aliphatic heterocycles. The third-order valence-electron chi connectivity index (χ3n) is 6.12. The maximum Gasteiger partial charge on any atom is 0.413 e. The second kappa shape index (κ2) is 9.11. The average Bonchev–Trinajstić information content (AvgIpc) is 3.09. The molecule has 2 N–H and O–H groups in total. The molecule has 3 aliphatic rings. The molecule has 0 spiro atoms. The highest BCUT2D eigenvalue weighted by atomic mass is 32.2. The molecule has 3 amide bonds. The van der Waals surface area contributed by atoms with E-state index in [1.165, 1.54) is 25.7 Å². The van der Waals surface area contributed by atoms with Crippen LogP contribution in [0.4, 0.5) is 4.79 Å². The number of imide groups is 1. The van der Waals surface area contributed by atoms with Crippen LogP contribution in [0, 0.1) is 23.7 Å². The molecule has 3 fully saturated rings. The van der Waals surface area contributed by atoms with E-state index in [1.807, 2.05) is 0 Å². The maximum absolute atomic E-state index is 12.8. The Bertz CT molecular complexity index is 542. The van der Waals surface area contributed by atoms with Gasteiger partial charge in [-0.15, -0.1) is 11.8 Å². The Morgan fingerprint density at radius 1 is 1.00 bits per heavy atom. The number of rotatable bonds is 4. The van der Waals surface area contributed by atoms with Crippen LogP contribution in [-0.2, 0) is 14.3 Å². The van der Waals surface area contributed by atoms with E-state index >= 15 is 0 Å². The Balaban J connectivity index is 1.51. The number of ether oxygens (including phenoxy) is 1. The lowest BCUT2D eigenvalue weighted by molar-refractivity contribution is -0.128. The van der Waals surface area contributed by atoms with Gasteiger partial charge < -0.3 is 10.1 Å². The second-order valence-electron chi connectivity index (χ2n) is 7.72. The summed E-state index contributed by atoms with van der Waals surface area (Å²) in [4.78, 5) is 36.6. The zero-order valence-electron chi connectivity index (χ0n) is 15.5. The van der Waals surface area contributed by atoms with Gasteiger partial charge in [-0.25, -0.2) is 4.79 Å². The van der Waals surface area contributed by atoms with Crippen molar-refractivity contribution in [2.75, 3.05) is 12.4 Å². The van der Waals surface area contributed by atoms with E-state index in [0.29, 0.717) is 12.3 Å². The molecule has 0 radical (unpaired) electrons. The fourth-order valence-electron chi connectivity index (χ4n) is 4.73. The molecule has 2 saturated carbocycles. The van der Waals surface area contributed by atoms with Crippen molar-refractivity contribution in [1.29, 1.82) is 0 Å². The molecular weight excluding hydrogens is 352 g/mol. The Hall–Kier alpha value is -1.24. The van der Waals surface area contributed by atoms with Crippen molar-refractivity contribution in [2.24, 2.45) is 23.7 Å². The van der Waals surface area contributed by atoms with Crippen molar-refractivity contribution in [3.8, 4) is 0 Å². The van der Waals surface area contributed by atoms with Gasteiger partial charge in [-0.05, 0) is 50.2 Å². The van der Waals surface area contributed by atoms with Crippen LogP contribution in [0.2, 0.25) is 0 Å². The molecule has 0 aromatic rings. The number of carbonyl (C=O) groups is 3. The topological polar surface area (TPSA) is 84.5 Å². The lowest BCUT2D eigenvalue weighted by Gasteiger charge is -2.39. The number of alkyl carbamates (subject to hydrolysis) is 1. The van der Waals surface area contributed by atoms with Gasteiger partial charge >= 0.3 is 6.09 Å². The van der Waals surface area contributed by atoms with Crippen molar-refractivity contribution in [2.45, 2.75) is 63.7 Å². The van der Waals surface area contributed by atoms with Crippen molar-refractivity contribution >= 4 is 29.7 Å². The monoisotopic (exact) mass is 382 g/mol. The molecular formula is C19H30N2O4S. The SMILES string of the molecule is CCOC(=O)NC(=O)C1CCSC1NC(=O)C1CCC2CCCCC2C1. The molecule has 26 heavy (non-hydrogen) atoms. The van der Waals surface area contributed by atoms with Crippen LogP contribution in [0.25, 0.3) is 0 Å². The lowest BCUT2D eigenvalue weighted by Crippen LogP contribution is -2.47. The minimum absolute atomic E-state index is 0.0734. The zero-order chi connectivity index (χ0) is 18.5. The first-order valence-electron chi connectivity index (χ1n) is 9.98. The Morgan fingerprint density at radius 3 is 2.54 bits per heavy atom. The Morgan fingerprint density at radius 2 is 1.77 bits per heavy atom. The third kappa shape index (κ3) is 4.72. The number of fused-ring (bicyclic) bond motifs is 1. The Labute approximate surface area is 159 Å². The van der Waals surface area contributed by atoms with Crippen LogP contribution in [0.5, 0.6) is 0 Å². The summed E-state index contributed by atoms with van der Waals surface area (Å²) >= 11 is 1.59. The highest BCUT2D eigenvalue weighted by Gasteiger charge is 2.39. The summed E-state index contributed by atoms with van der Waals surface area (Å²) in [6.45, 7) is 1.92. The van der Waals surface area contributed by atoms with E-state index in [0.717, 1.165) is 30.9 Å². The summed E-state index contributed by atoms with van der Waals surface area (Å²) in [5.74, 6) is 1.76. The quantitative estimate of drug-likeness (QED) is 0.781. The van der Waals surface area contributed by atoms with Crippen LogP contribution in [0.3, 0.4) is 0 Å². The smallest absolute Gasteiger partial charge is 0.413 e. The number of hydrogen-bond donors (Lipinski definition) is 2. The van der Waals surface area contributed by atoms with E-state index < -0.39 is 6.09 Å². The number of carbonyl (C=O) groups excluding carboxylic acids is 3. The third-order valence-corrected chi connectivity index (χ3v) is 7.40. The first-order valence-corrected chi connectivity index (χ1v) is 11.0. The molecule has 7 heteroatoms. The van der Waals surface area contributed by atoms with Crippen LogP contribution in [0.15, 0.2) is 0 Å². The van der Waals surface area contributed by atoms with Crippen LogP contribution < -0.4 is 10.6 Å². The number of hydrogen-bond acceptors (Lipinski definition) is 5. The van der Waals surface area contributed by atoms with Crippen LogP contribution >= 0.6 is 11.8 Å². The number of thioether (sulfide) groups is 1. The van der Waals surface area contributed by atoms with E-state index in [4.69, 9.17) is 4.74 Å². The average molecular weight is 383 g/mol. The van der Waals surface area contributed by atoms with E-state index in [1.54, 1.807) is 18.7 Å². The molecule has 3 rings (SSSR count). The van der Waals surface area contributed by atoms with Gasteiger partial charge in [0.2, 0.25) is 11.8 Å². The standard InChI is InChI=1S/C19H30N2O4S/c1-2-25-19(24)21-17(23)15-9-10-26-18(15)20-16(22)14-8-7-12-5-3-4-6-13(12)11-14/h12-15,18H,2-11H2,1H3,(H,20,22)(H,21,23,24). The number of nitrogens with one attached hydrogen (secondary N) is 2. The first-order chi connectivity index (χ1) is 12.6. The summed E-state index contributed by atoms with van der Waals surface area (Å²) in [6, 6.07) is 0. The molecule has 5 atom stereocenters. The highest BCUT2D eigenvalue weighted by Crippen LogP contribution is 2.43. The molecule has 0 aromatic heterocycles. The van der Waals surface area contributed by atoms with E-state index in [-0.39, 0.29) is 35.6 Å². The predicted molar refractivity (Wildman–Crippen MR) is 100 cm³/mol. The maximum atomic E-state index is 12.8. The normalized spacial score (nSPS) is 33.8. The second-order valence-corrected chi connectivity index (χ2v) is 8.97. The molecule has 146 valence electrons. The molecule has 1 saturated heterocycles. The van der Waals surface area contributed by atoms with E-state index in [9.17, 15) is 14.4 Å². The lowest BCUT2D eigenvalue weighted by atomic mass is 9.67. The van der Waals surface area contributed by atoms with E-state index in [2.05, 4.69) is 10.6 Å². The minimum Gasteiger partial charge on any atom is -0.450 e. The minimum atomic E-state index is -0.713. The van der Waals surface area contributed by atoms with Crippen molar-refractivity contribution in [1.82, 2.24) is 10.6 Å². The largest absolute Gasteiger partial charge is 0.450 e. The zero-order valence-corrected chi connectivity index (χ0v) is 16.3. The summed E-state index contributed by atoms with van der Waals surface area (Å²) < 4.78 is 4.77. The van der Waals surface area contributed by atoms with Crippen molar-refractivity contribution < 1.29 is 19.1 Å². The predicted octanol–water partition coefficient (Wildman–Crippen LogP) is 3.06. The molecule has 0 bridgehead atoms. The molecule has 6 nitrogen and oxygen atoms in total. The fourth-order valence-corrected chi connectivity index (χ4v) is 6.07. The molecule has 1 heterocycles. The summed E-state index contributed by atoms with van der Waals surface area (Å²) in [6.07, 6.45) is 8.29. The van der Waals surface area contributed by atoms with Gasteiger partial charge in [-0.3, -0.25) is 14.9 Å². The van der Waals surface area contributed by atoms with Crippen LogP contribution in [0.1, 0.15) is 58.3 Å². The van der Waals surface area contributed by atoms with Crippen LogP contribution in [-0.4, -0.2) is 35.6 Å². The highest BCUT2D eigenvalue weighted by molar-refractivity contribution is 8.00.